The van der Waals surface area contributed by atoms with E-state index in [2.05, 4.69) is 4.98 Å². The lowest BCUT2D eigenvalue weighted by molar-refractivity contribution is -0.120. The summed E-state index contributed by atoms with van der Waals surface area (Å²) in [5, 5.41) is 0. The van der Waals surface area contributed by atoms with Gasteiger partial charge in [0, 0.05) is 19.0 Å². The Bertz CT molecular complexity index is 316. The van der Waals surface area contributed by atoms with Gasteiger partial charge in [0.1, 0.15) is 6.04 Å². The first-order valence-electron chi connectivity index (χ1n) is 5.21. The first-order chi connectivity index (χ1) is 7.70. The topological polar surface area (TPSA) is 91.2 Å². The van der Waals surface area contributed by atoms with Crippen LogP contribution in [0, 0.1) is 0 Å². The van der Waals surface area contributed by atoms with Gasteiger partial charge in [0.2, 0.25) is 5.91 Å². The SMILES string of the molecule is NC(=O)C(N)COCCCc1ccncc1. The van der Waals surface area contributed by atoms with Crippen LogP contribution >= 0.6 is 0 Å². The number of amides is 1. The fraction of sp³-hybridized carbons (Fsp3) is 0.455. The number of rotatable bonds is 7. The van der Waals surface area contributed by atoms with E-state index in [0.29, 0.717) is 6.61 Å². The van der Waals surface area contributed by atoms with Crippen molar-refractivity contribution in [3.05, 3.63) is 30.1 Å². The number of pyridine rings is 1. The lowest BCUT2D eigenvalue weighted by Gasteiger charge is -2.08. The van der Waals surface area contributed by atoms with Gasteiger partial charge < -0.3 is 16.2 Å². The Morgan fingerprint density at radius 3 is 2.75 bits per heavy atom. The molecule has 5 heteroatoms. The lowest BCUT2D eigenvalue weighted by Crippen LogP contribution is -2.40. The number of hydrogen-bond donors (Lipinski definition) is 2. The Hall–Kier alpha value is -1.46. The van der Waals surface area contributed by atoms with Crippen LogP contribution in [-0.2, 0) is 16.0 Å². The Kier molecular flexibility index (Phi) is 5.45. The smallest absolute Gasteiger partial charge is 0.236 e. The van der Waals surface area contributed by atoms with E-state index < -0.39 is 11.9 Å². The van der Waals surface area contributed by atoms with Gasteiger partial charge in [-0.15, -0.1) is 0 Å². The molecule has 1 rings (SSSR count). The highest BCUT2D eigenvalue weighted by molar-refractivity contribution is 5.79. The predicted octanol–water partition coefficient (Wildman–Crippen LogP) is -0.157. The minimum absolute atomic E-state index is 0.186. The zero-order valence-electron chi connectivity index (χ0n) is 9.13. The number of aromatic nitrogens is 1. The van der Waals surface area contributed by atoms with Crippen molar-refractivity contribution < 1.29 is 9.53 Å². The summed E-state index contributed by atoms with van der Waals surface area (Å²) in [6, 6.07) is 3.23. The van der Waals surface area contributed by atoms with Gasteiger partial charge in [-0.2, -0.15) is 0 Å². The molecule has 0 saturated carbocycles. The third kappa shape index (κ3) is 4.86. The van der Waals surface area contributed by atoms with Crippen LogP contribution < -0.4 is 11.5 Å². The van der Waals surface area contributed by atoms with Gasteiger partial charge in [0.05, 0.1) is 6.61 Å². The summed E-state index contributed by atoms with van der Waals surface area (Å²) >= 11 is 0. The van der Waals surface area contributed by atoms with Crippen LogP contribution in [0.1, 0.15) is 12.0 Å². The molecular formula is C11H17N3O2. The Morgan fingerprint density at radius 2 is 2.12 bits per heavy atom. The molecule has 0 fully saturated rings. The number of carbonyl (C=O) groups excluding carboxylic acids is 1. The lowest BCUT2D eigenvalue weighted by atomic mass is 10.1. The molecule has 0 aliphatic carbocycles. The maximum atomic E-state index is 10.6. The van der Waals surface area contributed by atoms with Crippen molar-refractivity contribution in [2.75, 3.05) is 13.2 Å². The summed E-state index contributed by atoms with van der Waals surface area (Å²) in [7, 11) is 0. The number of nitrogens with zero attached hydrogens (tertiary/aromatic N) is 1. The second kappa shape index (κ2) is 6.92. The van der Waals surface area contributed by atoms with Crippen molar-refractivity contribution in [1.29, 1.82) is 0 Å². The van der Waals surface area contributed by atoms with Gasteiger partial charge in [0.25, 0.3) is 0 Å². The largest absolute Gasteiger partial charge is 0.379 e. The minimum atomic E-state index is -0.707. The first-order valence-corrected chi connectivity index (χ1v) is 5.21. The molecule has 0 spiro atoms. The van der Waals surface area contributed by atoms with E-state index in [1.54, 1.807) is 12.4 Å². The number of nitrogens with two attached hydrogens (primary N) is 2. The van der Waals surface area contributed by atoms with E-state index >= 15 is 0 Å². The molecule has 0 radical (unpaired) electrons. The van der Waals surface area contributed by atoms with E-state index in [1.165, 1.54) is 5.56 Å². The highest BCUT2D eigenvalue weighted by Gasteiger charge is 2.08. The van der Waals surface area contributed by atoms with E-state index in [4.69, 9.17) is 16.2 Å². The van der Waals surface area contributed by atoms with Crippen LogP contribution in [-0.4, -0.2) is 30.1 Å². The van der Waals surface area contributed by atoms with Crippen molar-refractivity contribution in [1.82, 2.24) is 4.98 Å². The molecule has 1 aromatic heterocycles. The summed E-state index contributed by atoms with van der Waals surface area (Å²) in [4.78, 5) is 14.5. The summed E-state index contributed by atoms with van der Waals surface area (Å²) in [6.07, 6.45) is 5.34. The average molecular weight is 223 g/mol. The van der Waals surface area contributed by atoms with Gasteiger partial charge >= 0.3 is 0 Å². The first kappa shape index (κ1) is 12.6. The molecule has 1 unspecified atom stereocenters. The Balaban J connectivity index is 2.07. The van der Waals surface area contributed by atoms with Gasteiger partial charge in [-0.1, -0.05) is 0 Å². The summed E-state index contributed by atoms with van der Waals surface area (Å²) < 4.78 is 5.24. The molecule has 0 bridgehead atoms. The third-order valence-electron chi connectivity index (χ3n) is 2.17. The molecule has 0 aliphatic heterocycles. The van der Waals surface area contributed by atoms with Crippen LogP contribution in [0.5, 0.6) is 0 Å². The molecular weight excluding hydrogens is 206 g/mol. The molecule has 0 aromatic carbocycles. The van der Waals surface area contributed by atoms with E-state index in [0.717, 1.165) is 12.8 Å². The molecule has 1 heterocycles. The zero-order valence-corrected chi connectivity index (χ0v) is 9.13. The second-order valence-corrected chi connectivity index (χ2v) is 3.54. The van der Waals surface area contributed by atoms with Gasteiger partial charge in [-0.25, -0.2) is 0 Å². The van der Waals surface area contributed by atoms with Gasteiger partial charge in [-0.3, -0.25) is 9.78 Å². The standard InChI is InChI=1S/C11H17N3O2/c12-10(11(13)15)8-16-7-1-2-9-3-5-14-6-4-9/h3-6,10H,1-2,7-8,12H2,(H2,13,15). The summed E-state index contributed by atoms with van der Waals surface area (Å²) in [5.74, 6) is -0.533. The summed E-state index contributed by atoms with van der Waals surface area (Å²) in [6.45, 7) is 0.759. The molecule has 88 valence electrons. The Labute approximate surface area is 94.8 Å². The second-order valence-electron chi connectivity index (χ2n) is 3.54. The van der Waals surface area contributed by atoms with E-state index in [-0.39, 0.29) is 6.61 Å². The minimum Gasteiger partial charge on any atom is -0.379 e. The summed E-state index contributed by atoms with van der Waals surface area (Å²) in [5.41, 5.74) is 11.6. The van der Waals surface area contributed by atoms with Gasteiger partial charge in [-0.05, 0) is 30.5 Å². The third-order valence-corrected chi connectivity index (χ3v) is 2.17. The van der Waals surface area contributed by atoms with Crippen molar-refractivity contribution in [2.45, 2.75) is 18.9 Å². The number of ether oxygens (including phenoxy) is 1. The number of hydrogen-bond acceptors (Lipinski definition) is 4. The molecule has 4 N–H and O–H groups in total. The zero-order chi connectivity index (χ0) is 11.8. The molecule has 0 aliphatic rings. The van der Waals surface area contributed by atoms with E-state index in [9.17, 15) is 4.79 Å². The normalized spacial score (nSPS) is 12.3. The Morgan fingerprint density at radius 1 is 1.44 bits per heavy atom. The maximum Gasteiger partial charge on any atom is 0.236 e. The number of carbonyl (C=O) groups is 1. The fourth-order valence-electron chi connectivity index (χ4n) is 1.22. The number of aryl methyl sites for hydroxylation is 1. The molecule has 0 saturated heterocycles. The average Bonchev–Trinajstić information content (AvgIpc) is 2.29. The highest BCUT2D eigenvalue weighted by Crippen LogP contribution is 2.00. The van der Waals surface area contributed by atoms with Crippen molar-refractivity contribution in [2.24, 2.45) is 11.5 Å². The monoisotopic (exact) mass is 223 g/mol. The quantitative estimate of drug-likeness (QED) is 0.628. The van der Waals surface area contributed by atoms with Crippen LogP contribution in [0.3, 0.4) is 0 Å². The molecule has 1 aromatic rings. The highest BCUT2D eigenvalue weighted by atomic mass is 16.5. The maximum absolute atomic E-state index is 10.6. The predicted molar refractivity (Wildman–Crippen MR) is 60.5 cm³/mol. The van der Waals surface area contributed by atoms with Crippen LogP contribution in [0.2, 0.25) is 0 Å². The molecule has 1 atom stereocenters. The molecule has 1 amide bonds. The van der Waals surface area contributed by atoms with Crippen molar-refractivity contribution in [3.8, 4) is 0 Å². The van der Waals surface area contributed by atoms with Crippen LogP contribution in [0.25, 0.3) is 0 Å². The van der Waals surface area contributed by atoms with Crippen LogP contribution in [0.15, 0.2) is 24.5 Å². The number of primary amides is 1. The fourth-order valence-corrected chi connectivity index (χ4v) is 1.22. The van der Waals surface area contributed by atoms with Crippen molar-refractivity contribution >= 4 is 5.91 Å². The molecule has 5 nitrogen and oxygen atoms in total. The van der Waals surface area contributed by atoms with Crippen LogP contribution in [0.4, 0.5) is 0 Å². The van der Waals surface area contributed by atoms with E-state index in [1.807, 2.05) is 12.1 Å². The van der Waals surface area contributed by atoms with Gasteiger partial charge in [0.15, 0.2) is 0 Å². The van der Waals surface area contributed by atoms with Crippen molar-refractivity contribution in [3.63, 3.8) is 0 Å². The molecule has 16 heavy (non-hydrogen) atoms.